The smallest absolute Gasteiger partial charge is 0.00746 e. The largest absolute Gasteiger partial charge is 0.330 e. The molecule has 0 heterocycles. The molecule has 0 saturated heterocycles. The molecule has 1 rings (SSSR count). The number of hydrogen-bond acceptors (Lipinski definition) is 1. The Labute approximate surface area is 83.1 Å². The molecule has 13 heavy (non-hydrogen) atoms. The molecule has 1 saturated carbocycles. The molecule has 1 fully saturated rings. The summed E-state index contributed by atoms with van der Waals surface area (Å²) in [5, 5.41) is 0. The molecule has 2 atom stereocenters. The van der Waals surface area contributed by atoms with Gasteiger partial charge in [0.05, 0.1) is 0 Å². The first-order valence-electron chi connectivity index (χ1n) is 5.94. The number of hydrogen-bond donors (Lipinski definition) is 1. The molecule has 0 amide bonds. The van der Waals surface area contributed by atoms with E-state index in [-0.39, 0.29) is 0 Å². The monoisotopic (exact) mass is 183 g/mol. The lowest BCUT2D eigenvalue weighted by molar-refractivity contribution is 0.334. The molecule has 1 aliphatic rings. The minimum atomic E-state index is 0.886. The average molecular weight is 183 g/mol. The molecule has 0 aliphatic heterocycles. The highest BCUT2D eigenvalue weighted by Crippen LogP contribution is 2.32. The minimum absolute atomic E-state index is 0.886. The summed E-state index contributed by atoms with van der Waals surface area (Å²) in [5.74, 6) is 2.81. The van der Waals surface area contributed by atoms with Crippen molar-refractivity contribution < 1.29 is 0 Å². The van der Waals surface area contributed by atoms with Crippen LogP contribution in [-0.2, 0) is 0 Å². The highest BCUT2D eigenvalue weighted by Gasteiger charge is 2.20. The van der Waals surface area contributed by atoms with Crippen LogP contribution in [0.5, 0.6) is 0 Å². The van der Waals surface area contributed by atoms with Crippen molar-refractivity contribution in [1.29, 1.82) is 0 Å². The first kappa shape index (κ1) is 11.0. The van der Waals surface area contributed by atoms with Gasteiger partial charge in [-0.15, -0.1) is 0 Å². The molecular formula is C12H25N. The second-order valence-corrected chi connectivity index (χ2v) is 4.96. The van der Waals surface area contributed by atoms with Crippen LogP contribution in [0.15, 0.2) is 0 Å². The lowest BCUT2D eigenvalue weighted by Gasteiger charge is -2.18. The lowest BCUT2D eigenvalue weighted by atomic mass is 9.88. The quantitative estimate of drug-likeness (QED) is 0.668. The lowest BCUT2D eigenvalue weighted by Crippen LogP contribution is -2.09. The van der Waals surface area contributed by atoms with Gasteiger partial charge in [-0.05, 0) is 37.1 Å². The van der Waals surface area contributed by atoms with Crippen molar-refractivity contribution in [2.45, 2.75) is 52.4 Å². The van der Waals surface area contributed by atoms with E-state index in [1.54, 1.807) is 0 Å². The van der Waals surface area contributed by atoms with Crippen molar-refractivity contribution in [2.75, 3.05) is 6.54 Å². The Morgan fingerprint density at radius 3 is 2.54 bits per heavy atom. The molecule has 1 aliphatic carbocycles. The van der Waals surface area contributed by atoms with Crippen molar-refractivity contribution in [1.82, 2.24) is 0 Å². The van der Waals surface area contributed by atoms with Crippen LogP contribution in [0, 0.1) is 17.8 Å². The maximum atomic E-state index is 5.60. The molecule has 0 aromatic rings. The van der Waals surface area contributed by atoms with Crippen molar-refractivity contribution in [3.05, 3.63) is 0 Å². The molecule has 2 N–H and O–H groups in total. The molecule has 1 nitrogen and oxygen atoms in total. The zero-order chi connectivity index (χ0) is 9.68. The summed E-state index contributed by atoms with van der Waals surface area (Å²) in [7, 11) is 0. The Hall–Kier alpha value is -0.0400. The molecule has 0 radical (unpaired) electrons. The van der Waals surface area contributed by atoms with E-state index in [9.17, 15) is 0 Å². The highest BCUT2D eigenvalue weighted by atomic mass is 14.5. The Morgan fingerprint density at radius 1 is 1.15 bits per heavy atom. The van der Waals surface area contributed by atoms with Gasteiger partial charge in [0.25, 0.3) is 0 Å². The van der Waals surface area contributed by atoms with Gasteiger partial charge in [0.2, 0.25) is 0 Å². The van der Waals surface area contributed by atoms with Gasteiger partial charge in [-0.1, -0.05) is 39.5 Å². The molecule has 0 spiro atoms. The van der Waals surface area contributed by atoms with Crippen molar-refractivity contribution in [3.8, 4) is 0 Å². The van der Waals surface area contributed by atoms with Crippen LogP contribution in [-0.4, -0.2) is 6.54 Å². The molecular weight excluding hydrogens is 158 g/mol. The van der Waals surface area contributed by atoms with E-state index in [4.69, 9.17) is 5.73 Å². The van der Waals surface area contributed by atoms with Gasteiger partial charge in [0, 0.05) is 0 Å². The van der Waals surface area contributed by atoms with Crippen LogP contribution in [0.25, 0.3) is 0 Å². The van der Waals surface area contributed by atoms with Gasteiger partial charge in [-0.3, -0.25) is 0 Å². The van der Waals surface area contributed by atoms with E-state index in [0.29, 0.717) is 0 Å². The van der Waals surface area contributed by atoms with Gasteiger partial charge in [-0.2, -0.15) is 0 Å². The Morgan fingerprint density at radius 2 is 1.92 bits per heavy atom. The molecule has 1 heteroatoms. The number of nitrogens with two attached hydrogens (primary N) is 1. The van der Waals surface area contributed by atoms with Gasteiger partial charge in [-0.25, -0.2) is 0 Å². The highest BCUT2D eigenvalue weighted by molar-refractivity contribution is 4.72. The Balaban J connectivity index is 2.30. The third-order valence-corrected chi connectivity index (χ3v) is 3.65. The summed E-state index contributed by atoms with van der Waals surface area (Å²) < 4.78 is 0. The van der Waals surface area contributed by atoms with Crippen molar-refractivity contribution >= 4 is 0 Å². The summed E-state index contributed by atoms with van der Waals surface area (Å²) in [4.78, 5) is 0. The van der Waals surface area contributed by atoms with E-state index in [1.807, 2.05) is 0 Å². The fourth-order valence-corrected chi connectivity index (χ4v) is 2.60. The molecule has 2 unspecified atom stereocenters. The van der Waals surface area contributed by atoms with Gasteiger partial charge in [0.1, 0.15) is 0 Å². The van der Waals surface area contributed by atoms with Crippen molar-refractivity contribution in [2.24, 2.45) is 23.5 Å². The first-order valence-corrected chi connectivity index (χ1v) is 5.94. The van der Waals surface area contributed by atoms with Gasteiger partial charge in [0.15, 0.2) is 0 Å². The summed E-state index contributed by atoms with van der Waals surface area (Å²) in [6, 6.07) is 0. The maximum Gasteiger partial charge on any atom is -0.00746 e. The van der Waals surface area contributed by atoms with E-state index in [1.165, 1.54) is 38.5 Å². The molecule has 0 aromatic carbocycles. The van der Waals surface area contributed by atoms with Crippen LogP contribution >= 0.6 is 0 Å². The maximum absolute atomic E-state index is 5.60. The van der Waals surface area contributed by atoms with E-state index < -0.39 is 0 Å². The third-order valence-electron chi connectivity index (χ3n) is 3.65. The SMILES string of the molecule is CC(C)C1CCCC(CCN)CC1. The fraction of sp³-hybridized carbons (Fsp3) is 1.00. The topological polar surface area (TPSA) is 26.0 Å². The van der Waals surface area contributed by atoms with Crippen molar-refractivity contribution in [3.63, 3.8) is 0 Å². The van der Waals surface area contributed by atoms with Crippen LogP contribution in [0.1, 0.15) is 52.4 Å². The first-order chi connectivity index (χ1) is 6.24. The summed E-state index contributed by atoms with van der Waals surface area (Å²) in [5.41, 5.74) is 5.60. The normalized spacial score (nSPS) is 30.5. The predicted octanol–water partition coefficient (Wildman–Crippen LogP) is 3.19. The average Bonchev–Trinajstić information content (AvgIpc) is 2.30. The van der Waals surface area contributed by atoms with Crippen LogP contribution in [0.4, 0.5) is 0 Å². The third kappa shape index (κ3) is 3.68. The molecule has 0 bridgehead atoms. The van der Waals surface area contributed by atoms with E-state index >= 15 is 0 Å². The second-order valence-electron chi connectivity index (χ2n) is 4.96. The Bertz CT molecular complexity index is 131. The van der Waals surface area contributed by atoms with E-state index in [0.717, 1.165) is 24.3 Å². The summed E-state index contributed by atoms with van der Waals surface area (Å²) >= 11 is 0. The van der Waals surface area contributed by atoms with Crippen LogP contribution in [0.2, 0.25) is 0 Å². The van der Waals surface area contributed by atoms with Crippen LogP contribution < -0.4 is 5.73 Å². The van der Waals surface area contributed by atoms with Gasteiger partial charge < -0.3 is 5.73 Å². The van der Waals surface area contributed by atoms with E-state index in [2.05, 4.69) is 13.8 Å². The zero-order valence-corrected chi connectivity index (χ0v) is 9.26. The minimum Gasteiger partial charge on any atom is -0.330 e. The predicted molar refractivity (Wildman–Crippen MR) is 58.6 cm³/mol. The standard InChI is InChI=1S/C12H25N/c1-10(2)12-5-3-4-11(6-7-12)8-9-13/h10-12H,3-9,13H2,1-2H3. The Kier molecular flexibility index (Phi) is 4.79. The number of rotatable bonds is 3. The molecule has 78 valence electrons. The second kappa shape index (κ2) is 5.64. The molecule has 0 aromatic heterocycles. The summed E-state index contributed by atoms with van der Waals surface area (Å²) in [6.45, 7) is 5.62. The zero-order valence-electron chi connectivity index (χ0n) is 9.26. The summed E-state index contributed by atoms with van der Waals surface area (Å²) in [6.07, 6.45) is 8.46. The fourth-order valence-electron chi connectivity index (χ4n) is 2.60. The van der Waals surface area contributed by atoms with Crippen LogP contribution in [0.3, 0.4) is 0 Å². The van der Waals surface area contributed by atoms with Gasteiger partial charge >= 0.3 is 0 Å².